The predicted octanol–water partition coefficient (Wildman–Crippen LogP) is -0.286. The number of phosphoric acid groups is 3. The van der Waals surface area contributed by atoms with E-state index in [1.165, 1.54) is 0 Å². The maximum atomic E-state index is 11.5. The van der Waals surface area contributed by atoms with Crippen LogP contribution in [0.2, 0.25) is 0 Å². The summed E-state index contributed by atoms with van der Waals surface area (Å²) in [7, 11) is -14.1. The highest BCUT2D eigenvalue weighted by Gasteiger charge is 2.41. The van der Waals surface area contributed by atoms with E-state index in [1.54, 1.807) is 7.85 Å². The molecule has 0 aromatic heterocycles. The van der Waals surface area contributed by atoms with E-state index in [0.29, 0.717) is 6.42 Å². The van der Waals surface area contributed by atoms with Gasteiger partial charge in [-0.1, -0.05) is 6.92 Å². The highest BCUT2D eigenvalue weighted by Crippen LogP contribution is 2.66. The van der Waals surface area contributed by atoms with Gasteiger partial charge in [0.05, 0.1) is 12.7 Å². The molecule has 0 amide bonds. The largest absolute Gasteiger partial charge is 0.490 e. The molecule has 5 atom stereocenters. The van der Waals surface area contributed by atoms with Gasteiger partial charge in [0, 0.05) is 6.00 Å². The van der Waals surface area contributed by atoms with E-state index in [-0.39, 0.29) is 11.9 Å². The van der Waals surface area contributed by atoms with Crippen LogP contribution < -0.4 is 0 Å². The zero-order valence-electron chi connectivity index (χ0n) is 11.1. The van der Waals surface area contributed by atoms with Crippen LogP contribution in [-0.2, 0) is 31.6 Å². The van der Waals surface area contributed by atoms with Crippen LogP contribution in [0.15, 0.2) is 0 Å². The van der Waals surface area contributed by atoms with Crippen molar-refractivity contribution in [3.63, 3.8) is 0 Å². The molecule has 3 unspecified atom stereocenters. The quantitative estimate of drug-likeness (QED) is 0.344. The van der Waals surface area contributed by atoms with Crippen molar-refractivity contribution < 1.29 is 51.2 Å². The third-order valence-corrected chi connectivity index (χ3v) is 6.37. The fourth-order valence-corrected chi connectivity index (χ4v) is 4.87. The fraction of sp³-hybridized carbons (Fsp3) is 1.00. The van der Waals surface area contributed by atoms with Crippen LogP contribution in [0.4, 0.5) is 0 Å². The molecule has 1 aliphatic heterocycles. The second kappa shape index (κ2) is 6.90. The summed E-state index contributed by atoms with van der Waals surface area (Å²) in [5.41, 5.74) is 0. The zero-order chi connectivity index (χ0) is 16.5. The predicted molar refractivity (Wildman–Crippen MR) is 70.8 cm³/mol. The van der Waals surface area contributed by atoms with Gasteiger partial charge in [-0.2, -0.15) is 8.62 Å². The van der Waals surface area contributed by atoms with Crippen molar-refractivity contribution in [2.45, 2.75) is 25.5 Å². The average molecular weight is 368 g/mol. The second-order valence-electron chi connectivity index (χ2n) is 4.58. The van der Waals surface area contributed by atoms with Gasteiger partial charge in [0.15, 0.2) is 0 Å². The first kappa shape index (κ1) is 19.5. The molecule has 0 aliphatic carbocycles. The second-order valence-corrected chi connectivity index (χ2v) is 9.00. The van der Waals surface area contributed by atoms with E-state index in [2.05, 4.69) is 13.1 Å². The smallest absolute Gasteiger partial charge is 0.381 e. The van der Waals surface area contributed by atoms with Gasteiger partial charge in [-0.15, -0.1) is 0 Å². The van der Waals surface area contributed by atoms with Crippen molar-refractivity contribution in [3.8, 4) is 0 Å². The van der Waals surface area contributed by atoms with Crippen LogP contribution >= 0.6 is 23.5 Å². The Kier molecular flexibility index (Phi) is 6.41. The lowest BCUT2D eigenvalue weighted by atomic mass is 9.92. The van der Waals surface area contributed by atoms with E-state index in [1.807, 2.05) is 6.92 Å². The molecule has 1 rings (SSSR count). The first-order chi connectivity index (χ1) is 9.30. The van der Waals surface area contributed by atoms with Crippen LogP contribution in [0.5, 0.6) is 0 Å². The van der Waals surface area contributed by atoms with Gasteiger partial charge in [-0.05, 0) is 12.3 Å². The minimum atomic E-state index is -5.47. The molecular formula is C6H16BO11P3. The van der Waals surface area contributed by atoms with Crippen LogP contribution in [0.25, 0.3) is 0 Å². The standard InChI is InChI=1S/C6H16BO11P3/c1-4-2-6(7)16-5(4)3-15-20(11,12)18-21(13,14)17-19(8,9)10/h4-6H,2-3,7H2,1H3,(H,11,12)(H,13,14)(H2,8,9,10)/t4?,5-,6-/m1/s1. The molecule has 0 radical (unpaired) electrons. The topological polar surface area (TPSA) is 169 Å². The molecular weight excluding hydrogens is 352 g/mol. The third-order valence-electron chi connectivity index (χ3n) is 2.56. The lowest BCUT2D eigenvalue weighted by molar-refractivity contribution is 0.0271. The zero-order valence-corrected chi connectivity index (χ0v) is 13.8. The van der Waals surface area contributed by atoms with Crippen LogP contribution in [0.3, 0.4) is 0 Å². The van der Waals surface area contributed by atoms with E-state index >= 15 is 0 Å². The Labute approximate surface area is 121 Å². The minimum Gasteiger partial charge on any atom is -0.381 e. The summed E-state index contributed by atoms with van der Waals surface area (Å²) in [5, 5.41) is 0. The Morgan fingerprint density at radius 3 is 2.14 bits per heavy atom. The normalized spacial score (nSPS) is 32.5. The van der Waals surface area contributed by atoms with Crippen molar-refractivity contribution in [2.24, 2.45) is 5.92 Å². The molecule has 1 heterocycles. The van der Waals surface area contributed by atoms with E-state index in [4.69, 9.17) is 19.4 Å². The molecule has 21 heavy (non-hydrogen) atoms. The molecule has 124 valence electrons. The van der Waals surface area contributed by atoms with Gasteiger partial charge in [0.1, 0.15) is 7.85 Å². The monoisotopic (exact) mass is 368 g/mol. The SMILES string of the molecule is B[C@H]1CC(C)[C@@H](COP(=O)(O)OP(=O)(O)OP(=O)(O)O)O1. The van der Waals surface area contributed by atoms with Gasteiger partial charge in [0.25, 0.3) is 0 Å². The van der Waals surface area contributed by atoms with E-state index in [9.17, 15) is 18.6 Å². The van der Waals surface area contributed by atoms with Crippen molar-refractivity contribution in [2.75, 3.05) is 6.61 Å². The van der Waals surface area contributed by atoms with Gasteiger partial charge < -0.3 is 24.3 Å². The van der Waals surface area contributed by atoms with Gasteiger partial charge >= 0.3 is 23.5 Å². The Balaban J connectivity index is 2.56. The van der Waals surface area contributed by atoms with Gasteiger partial charge in [0.2, 0.25) is 0 Å². The van der Waals surface area contributed by atoms with Gasteiger partial charge in [-0.25, -0.2) is 13.7 Å². The van der Waals surface area contributed by atoms with Crippen LogP contribution in [0, 0.1) is 5.92 Å². The maximum absolute atomic E-state index is 11.5. The lowest BCUT2D eigenvalue weighted by Gasteiger charge is -2.19. The van der Waals surface area contributed by atoms with Crippen LogP contribution in [0.1, 0.15) is 13.3 Å². The van der Waals surface area contributed by atoms with Crippen LogP contribution in [-0.4, -0.2) is 46.1 Å². The molecule has 0 aromatic carbocycles. The van der Waals surface area contributed by atoms with Crippen molar-refractivity contribution >= 4 is 31.3 Å². The molecule has 11 nitrogen and oxygen atoms in total. The summed E-state index contributed by atoms with van der Waals surface area (Å²) in [6.07, 6.45) is 0.203. The number of hydrogen-bond acceptors (Lipinski definition) is 7. The first-order valence-electron chi connectivity index (χ1n) is 5.73. The number of phosphoric ester groups is 1. The summed E-state index contributed by atoms with van der Waals surface area (Å²) >= 11 is 0. The summed E-state index contributed by atoms with van der Waals surface area (Å²) in [4.78, 5) is 34.9. The van der Waals surface area contributed by atoms with Crippen molar-refractivity contribution in [1.29, 1.82) is 0 Å². The molecule has 1 aliphatic rings. The molecule has 0 saturated carbocycles. The number of ether oxygens (including phenoxy) is 1. The molecule has 0 aromatic rings. The van der Waals surface area contributed by atoms with E-state index in [0.717, 1.165) is 0 Å². The Bertz CT molecular complexity index is 504. The van der Waals surface area contributed by atoms with Gasteiger partial charge in [-0.3, -0.25) is 4.52 Å². The first-order valence-corrected chi connectivity index (χ1v) is 10.3. The Hall–Kier alpha value is 0.435. The minimum absolute atomic E-state index is 0.0345. The molecule has 0 bridgehead atoms. The Morgan fingerprint density at radius 1 is 1.14 bits per heavy atom. The summed E-state index contributed by atoms with van der Waals surface area (Å²) in [5.74, 6) is 0.0345. The average Bonchev–Trinajstić information content (AvgIpc) is 2.48. The lowest BCUT2D eigenvalue weighted by Crippen LogP contribution is -2.21. The van der Waals surface area contributed by atoms with Crippen molar-refractivity contribution in [3.05, 3.63) is 0 Å². The molecule has 4 N–H and O–H groups in total. The molecule has 0 spiro atoms. The number of rotatable bonds is 7. The highest BCUT2D eigenvalue weighted by atomic mass is 31.3. The summed E-state index contributed by atoms with van der Waals surface area (Å²) in [6, 6.07) is -0.0606. The Morgan fingerprint density at radius 2 is 1.71 bits per heavy atom. The molecule has 15 heteroatoms. The summed E-state index contributed by atoms with van der Waals surface area (Å²) in [6.45, 7) is 1.43. The van der Waals surface area contributed by atoms with Crippen molar-refractivity contribution in [1.82, 2.24) is 0 Å². The maximum Gasteiger partial charge on any atom is 0.490 e. The summed E-state index contributed by atoms with van der Waals surface area (Å²) < 4.78 is 50.0. The highest BCUT2D eigenvalue weighted by molar-refractivity contribution is 7.66. The third kappa shape index (κ3) is 7.50. The molecule has 1 fully saturated rings. The molecule has 1 saturated heterocycles. The number of hydrogen-bond donors (Lipinski definition) is 4. The van der Waals surface area contributed by atoms with E-state index < -0.39 is 36.2 Å². The fourth-order valence-electron chi connectivity index (χ4n) is 1.84.